The zero-order valence-electron chi connectivity index (χ0n) is 13.8. The van der Waals surface area contributed by atoms with Crippen LogP contribution in [0, 0.1) is 10.1 Å². The Bertz CT molecular complexity index is 927. The normalized spacial score (nSPS) is 17.1. The van der Waals surface area contributed by atoms with Crippen LogP contribution in [0.15, 0.2) is 40.3 Å². The highest BCUT2D eigenvalue weighted by Gasteiger charge is 2.41. The number of halogens is 1. The minimum Gasteiger partial charge on any atom is -0.481 e. The Kier molecular flexibility index (Phi) is 6.89. The van der Waals surface area contributed by atoms with Crippen molar-refractivity contribution in [3.8, 4) is 0 Å². The van der Waals surface area contributed by atoms with E-state index in [2.05, 4.69) is 0 Å². The number of allylic oxidation sites excluding steroid dienone is 2. The van der Waals surface area contributed by atoms with E-state index in [1.807, 2.05) is 0 Å². The number of aliphatic carboxylic acids is 2. The van der Waals surface area contributed by atoms with Gasteiger partial charge in [0.05, 0.1) is 16.2 Å². The number of rotatable bonds is 7. The number of thioether (sulfide) groups is 1. The van der Waals surface area contributed by atoms with Gasteiger partial charge in [-0.2, -0.15) is 0 Å². The number of hydrogen-bond donors (Lipinski definition) is 2. The van der Waals surface area contributed by atoms with Crippen LogP contribution in [0.5, 0.6) is 0 Å². The number of amides is 1. The van der Waals surface area contributed by atoms with Crippen LogP contribution >= 0.6 is 35.6 Å². The van der Waals surface area contributed by atoms with Crippen LogP contribution in [0.2, 0.25) is 0 Å². The SMILES string of the molecule is O=C(O)C[C@H](C(=O)O)N1C(=O)C(=CC(Cl)=Cc2ccc([N+](=O)[O-])cc2)SC1=S. The van der Waals surface area contributed by atoms with E-state index in [0.717, 1.165) is 16.7 Å². The minimum absolute atomic E-state index is 0.0322. The fraction of sp³-hybridized carbons (Fsp3) is 0.125. The van der Waals surface area contributed by atoms with Crippen LogP contribution in [0.1, 0.15) is 12.0 Å². The number of non-ortho nitro benzene ring substituents is 1. The van der Waals surface area contributed by atoms with E-state index in [1.54, 1.807) is 0 Å². The van der Waals surface area contributed by atoms with E-state index in [1.165, 1.54) is 36.4 Å². The summed E-state index contributed by atoms with van der Waals surface area (Å²) in [7, 11) is 0. The average Bonchev–Trinajstić information content (AvgIpc) is 2.86. The molecule has 1 saturated heterocycles. The molecule has 0 aliphatic carbocycles. The molecule has 0 saturated carbocycles. The van der Waals surface area contributed by atoms with E-state index in [-0.39, 0.29) is 19.9 Å². The molecule has 0 radical (unpaired) electrons. The van der Waals surface area contributed by atoms with E-state index in [0.29, 0.717) is 5.56 Å². The molecule has 146 valence electrons. The number of nitro groups is 1. The molecule has 1 heterocycles. The predicted octanol–water partition coefficient (Wildman–Crippen LogP) is 2.85. The van der Waals surface area contributed by atoms with Gasteiger partial charge < -0.3 is 10.2 Å². The van der Waals surface area contributed by atoms with Gasteiger partial charge in [-0.1, -0.05) is 35.6 Å². The Labute approximate surface area is 172 Å². The van der Waals surface area contributed by atoms with Crippen molar-refractivity contribution in [2.75, 3.05) is 0 Å². The summed E-state index contributed by atoms with van der Waals surface area (Å²) < 4.78 is -0.0929. The highest BCUT2D eigenvalue weighted by atomic mass is 35.5. The highest BCUT2D eigenvalue weighted by Crippen LogP contribution is 2.34. The molecule has 9 nitrogen and oxygen atoms in total. The van der Waals surface area contributed by atoms with Crippen molar-refractivity contribution in [2.24, 2.45) is 0 Å². The molecule has 2 N–H and O–H groups in total. The Balaban J connectivity index is 2.25. The Hall–Kier alpha value is -2.76. The maximum absolute atomic E-state index is 12.5. The molecule has 2 rings (SSSR count). The predicted molar refractivity (Wildman–Crippen MR) is 106 cm³/mol. The summed E-state index contributed by atoms with van der Waals surface area (Å²) in [5, 5.41) is 28.8. The van der Waals surface area contributed by atoms with E-state index in [9.17, 15) is 29.6 Å². The molecule has 1 fully saturated rings. The van der Waals surface area contributed by atoms with Gasteiger partial charge in [-0.3, -0.25) is 24.6 Å². The van der Waals surface area contributed by atoms with Gasteiger partial charge in [-0.25, -0.2) is 4.79 Å². The smallest absolute Gasteiger partial charge is 0.327 e. The third kappa shape index (κ3) is 5.15. The Morgan fingerprint density at radius 1 is 1.32 bits per heavy atom. The van der Waals surface area contributed by atoms with Crippen LogP contribution in [-0.4, -0.2) is 48.2 Å². The van der Waals surface area contributed by atoms with Gasteiger partial charge in [0.25, 0.3) is 11.6 Å². The summed E-state index contributed by atoms with van der Waals surface area (Å²) in [6.07, 6.45) is 1.91. The van der Waals surface area contributed by atoms with Crippen LogP contribution in [-0.2, 0) is 14.4 Å². The zero-order chi connectivity index (χ0) is 21.0. The molecular formula is C16H11ClN2O7S2. The molecule has 12 heteroatoms. The minimum atomic E-state index is -1.63. The second kappa shape index (κ2) is 8.95. The monoisotopic (exact) mass is 442 g/mol. The molecule has 1 aromatic rings. The standard InChI is InChI=1S/C16H11ClN2O7S2/c17-9(5-8-1-3-10(4-2-8)19(25)26)6-12-14(22)18(16(27)28-12)11(15(23)24)7-13(20)21/h1-6,11H,7H2,(H,20,21)(H,23,24)/t11-/m1/s1. The first-order valence-corrected chi connectivity index (χ1v) is 9.03. The maximum atomic E-state index is 12.5. The second-order valence-electron chi connectivity index (χ2n) is 5.38. The second-order valence-corrected chi connectivity index (χ2v) is 7.49. The lowest BCUT2D eigenvalue weighted by atomic mass is 10.1. The van der Waals surface area contributed by atoms with Gasteiger partial charge in [-0.05, 0) is 29.8 Å². The van der Waals surface area contributed by atoms with Gasteiger partial charge in [-0.15, -0.1) is 0 Å². The quantitative estimate of drug-likeness (QED) is 0.282. The Morgan fingerprint density at radius 3 is 2.43 bits per heavy atom. The van der Waals surface area contributed by atoms with E-state index in [4.69, 9.17) is 28.9 Å². The molecule has 0 aromatic heterocycles. The molecule has 0 unspecified atom stereocenters. The van der Waals surface area contributed by atoms with Gasteiger partial charge in [0, 0.05) is 17.2 Å². The molecule has 1 amide bonds. The molecule has 1 aliphatic heterocycles. The molecular weight excluding hydrogens is 432 g/mol. The third-order valence-corrected chi connectivity index (χ3v) is 5.01. The lowest BCUT2D eigenvalue weighted by molar-refractivity contribution is -0.384. The number of carboxylic acids is 2. The number of carbonyl (C=O) groups excluding carboxylic acids is 1. The van der Waals surface area contributed by atoms with Crippen molar-refractivity contribution in [3.05, 3.63) is 56.0 Å². The molecule has 0 spiro atoms. The van der Waals surface area contributed by atoms with Gasteiger partial charge in [0.2, 0.25) is 0 Å². The Morgan fingerprint density at radius 2 is 1.93 bits per heavy atom. The summed E-state index contributed by atoms with van der Waals surface area (Å²) in [6, 6.07) is 3.88. The first kappa shape index (κ1) is 21.5. The number of nitro benzene ring substituents is 1. The fourth-order valence-corrected chi connectivity index (χ4v) is 3.87. The first-order valence-electron chi connectivity index (χ1n) is 7.43. The van der Waals surface area contributed by atoms with Gasteiger partial charge >= 0.3 is 11.9 Å². The lowest BCUT2D eigenvalue weighted by Crippen LogP contribution is -2.45. The topological polar surface area (TPSA) is 138 Å². The van der Waals surface area contributed by atoms with Gasteiger partial charge in [0.15, 0.2) is 0 Å². The number of hydrogen-bond acceptors (Lipinski definition) is 7. The van der Waals surface area contributed by atoms with Crippen LogP contribution < -0.4 is 0 Å². The van der Waals surface area contributed by atoms with E-state index >= 15 is 0 Å². The number of thiocarbonyl (C=S) groups is 1. The number of benzene rings is 1. The molecule has 1 aliphatic rings. The van der Waals surface area contributed by atoms with Crippen molar-refractivity contribution in [1.29, 1.82) is 0 Å². The van der Waals surface area contributed by atoms with Crippen LogP contribution in [0.4, 0.5) is 5.69 Å². The number of carboxylic acid groups (broad SMARTS) is 2. The van der Waals surface area contributed by atoms with Crippen molar-refractivity contribution in [1.82, 2.24) is 4.90 Å². The summed E-state index contributed by atoms with van der Waals surface area (Å²) in [5.41, 5.74) is 0.448. The summed E-state index contributed by atoms with van der Waals surface area (Å²) in [6.45, 7) is 0. The summed E-state index contributed by atoms with van der Waals surface area (Å²) in [4.78, 5) is 45.6. The largest absolute Gasteiger partial charge is 0.481 e. The van der Waals surface area contributed by atoms with Crippen LogP contribution in [0.3, 0.4) is 0 Å². The summed E-state index contributed by atoms with van der Waals surface area (Å²) >= 11 is 11.9. The zero-order valence-corrected chi connectivity index (χ0v) is 16.2. The summed E-state index contributed by atoms with van der Waals surface area (Å²) in [5.74, 6) is -3.65. The van der Waals surface area contributed by atoms with Crippen molar-refractivity contribution in [3.63, 3.8) is 0 Å². The molecule has 0 bridgehead atoms. The molecule has 28 heavy (non-hydrogen) atoms. The van der Waals surface area contributed by atoms with Gasteiger partial charge in [0.1, 0.15) is 10.4 Å². The van der Waals surface area contributed by atoms with Crippen molar-refractivity contribution < 1.29 is 29.5 Å². The van der Waals surface area contributed by atoms with Crippen molar-refractivity contribution >= 4 is 69.5 Å². The average molecular weight is 443 g/mol. The fourth-order valence-electron chi connectivity index (χ4n) is 2.22. The molecule has 1 aromatic carbocycles. The first-order chi connectivity index (χ1) is 13.1. The highest BCUT2D eigenvalue weighted by molar-refractivity contribution is 8.26. The maximum Gasteiger partial charge on any atom is 0.327 e. The van der Waals surface area contributed by atoms with Crippen molar-refractivity contribution in [2.45, 2.75) is 12.5 Å². The number of nitrogens with zero attached hydrogens (tertiary/aromatic N) is 2. The third-order valence-electron chi connectivity index (χ3n) is 3.47. The lowest BCUT2D eigenvalue weighted by Gasteiger charge is -2.21. The van der Waals surface area contributed by atoms with E-state index < -0.39 is 35.2 Å². The van der Waals surface area contributed by atoms with Crippen LogP contribution in [0.25, 0.3) is 6.08 Å². The number of carbonyl (C=O) groups is 3. The molecule has 1 atom stereocenters.